The van der Waals surface area contributed by atoms with Crippen molar-refractivity contribution in [3.8, 4) is 0 Å². The van der Waals surface area contributed by atoms with Gasteiger partial charge in [0.2, 0.25) is 11.9 Å². The number of hydrogen-bond acceptors (Lipinski definition) is 16. The molecule has 8 rings (SSSR count). The molecule has 2 aromatic rings. The van der Waals surface area contributed by atoms with E-state index >= 15 is 0 Å². The maximum absolute atomic E-state index is 12.3. The number of nitrogens with zero attached hydrogens (tertiary/aromatic N) is 12. The highest BCUT2D eigenvalue weighted by molar-refractivity contribution is 5.91. The van der Waals surface area contributed by atoms with Gasteiger partial charge in [-0.3, -0.25) is 9.80 Å². The molecule has 16 nitrogen and oxygen atoms in total. The van der Waals surface area contributed by atoms with Crippen LogP contribution in [0.3, 0.4) is 0 Å². The van der Waals surface area contributed by atoms with Crippen molar-refractivity contribution < 1.29 is 19.1 Å². The van der Waals surface area contributed by atoms with Gasteiger partial charge in [-0.2, -0.15) is 19.9 Å². The fourth-order valence-electron chi connectivity index (χ4n) is 9.03. The molecule has 0 amide bonds. The zero-order chi connectivity index (χ0) is 39.5. The molecule has 6 aliphatic heterocycles. The molecule has 0 bridgehead atoms. The first-order valence-corrected chi connectivity index (χ1v) is 22.3. The van der Waals surface area contributed by atoms with Crippen molar-refractivity contribution in [3.63, 3.8) is 0 Å². The fourth-order valence-corrected chi connectivity index (χ4v) is 9.03. The number of piperazine rings is 2. The van der Waals surface area contributed by atoms with E-state index in [2.05, 4.69) is 51.3 Å². The van der Waals surface area contributed by atoms with Gasteiger partial charge in [-0.05, 0) is 64.2 Å². The van der Waals surface area contributed by atoms with Gasteiger partial charge < -0.3 is 38.9 Å². The second kappa shape index (κ2) is 20.0. The summed E-state index contributed by atoms with van der Waals surface area (Å²) in [6.07, 6.45) is 13.5. The molecular formula is C42H64N12O4. The second-order valence-electron chi connectivity index (χ2n) is 16.6. The Labute approximate surface area is 344 Å². The normalized spacial score (nSPS) is 21.0. The average Bonchev–Trinajstić information content (AvgIpc) is 4.12. The summed E-state index contributed by atoms with van der Waals surface area (Å²) < 4.78 is 10.8. The molecule has 0 atom stereocenters. The molecule has 8 heterocycles. The maximum atomic E-state index is 12.3. The number of rotatable bonds is 16. The van der Waals surface area contributed by atoms with Crippen molar-refractivity contribution in [1.82, 2.24) is 29.7 Å². The predicted molar refractivity (Wildman–Crippen MR) is 227 cm³/mol. The molecule has 0 saturated carbocycles. The van der Waals surface area contributed by atoms with E-state index < -0.39 is 11.9 Å². The zero-order valence-corrected chi connectivity index (χ0v) is 34.5. The first kappa shape index (κ1) is 40.3. The lowest BCUT2D eigenvalue weighted by atomic mass is 10.3. The summed E-state index contributed by atoms with van der Waals surface area (Å²) in [5.41, 5.74) is 0. The van der Waals surface area contributed by atoms with Gasteiger partial charge in [-0.15, -0.1) is 0 Å². The monoisotopic (exact) mass is 801 g/mol. The molecule has 16 heteroatoms. The minimum atomic E-state index is -0.519. The highest BCUT2D eigenvalue weighted by Gasteiger charge is 2.26. The first-order chi connectivity index (χ1) is 28.5. The number of ether oxygens (including phenoxy) is 2. The Morgan fingerprint density at radius 2 is 0.724 bits per heavy atom. The smallest absolute Gasteiger partial charge is 0.331 e. The molecule has 316 valence electrons. The lowest BCUT2D eigenvalue weighted by Crippen LogP contribution is -2.47. The molecule has 0 aromatic carbocycles. The lowest BCUT2D eigenvalue weighted by molar-refractivity contribution is -0.140. The van der Waals surface area contributed by atoms with Gasteiger partial charge in [-0.1, -0.05) is 0 Å². The van der Waals surface area contributed by atoms with Crippen LogP contribution in [0, 0.1) is 0 Å². The minimum absolute atomic E-state index is 0.312. The predicted octanol–water partition coefficient (Wildman–Crippen LogP) is 3.03. The molecule has 58 heavy (non-hydrogen) atoms. The number of aromatic nitrogens is 4. The molecule has 2 aromatic heterocycles. The topological polar surface area (TPSA) is 130 Å². The molecule has 0 aliphatic carbocycles. The second-order valence-corrected chi connectivity index (χ2v) is 16.6. The Balaban J connectivity index is 0.687. The summed E-state index contributed by atoms with van der Waals surface area (Å²) in [7, 11) is 0. The third-order valence-corrected chi connectivity index (χ3v) is 12.5. The highest BCUT2D eigenvalue weighted by Crippen LogP contribution is 2.29. The molecule has 6 fully saturated rings. The SMILES string of the molecule is O=C(/C=C/C(=O)OCCCN1CCN(c2cc(N3CCCC3)nc(N3CCCC3)n2)CC1)OCCCN1CCN(c2cc(N3CCCC3)nc(N3CCCC3)n2)CC1. The molecule has 6 saturated heterocycles. The Morgan fingerprint density at radius 1 is 0.431 bits per heavy atom. The number of anilines is 6. The highest BCUT2D eigenvalue weighted by atomic mass is 16.5. The summed E-state index contributed by atoms with van der Waals surface area (Å²) in [6.45, 7) is 18.1. The van der Waals surface area contributed by atoms with E-state index in [4.69, 9.17) is 29.4 Å². The van der Waals surface area contributed by atoms with E-state index in [0.29, 0.717) is 13.2 Å². The van der Waals surface area contributed by atoms with Gasteiger partial charge >= 0.3 is 11.9 Å². The Bertz CT molecular complexity index is 1480. The van der Waals surface area contributed by atoms with E-state index in [1.54, 1.807) is 0 Å². The number of hydrogen-bond donors (Lipinski definition) is 0. The van der Waals surface area contributed by atoms with Crippen LogP contribution in [0.25, 0.3) is 0 Å². The first-order valence-electron chi connectivity index (χ1n) is 22.3. The van der Waals surface area contributed by atoms with Crippen LogP contribution < -0.4 is 29.4 Å². The third kappa shape index (κ3) is 10.8. The van der Waals surface area contributed by atoms with Gasteiger partial charge in [0.1, 0.15) is 23.3 Å². The van der Waals surface area contributed by atoms with Crippen LogP contribution in [0.15, 0.2) is 24.3 Å². The Hall–Kier alpha value is -4.44. The largest absolute Gasteiger partial charge is 0.462 e. The lowest BCUT2D eigenvalue weighted by Gasteiger charge is -2.36. The van der Waals surface area contributed by atoms with Crippen LogP contribution >= 0.6 is 0 Å². The van der Waals surface area contributed by atoms with Crippen LogP contribution in [0.1, 0.15) is 64.2 Å². The summed E-state index contributed by atoms with van der Waals surface area (Å²) >= 11 is 0. The summed E-state index contributed by atoms with van der Waals surface area (Å²) in [5, 5.41) is 0. The fraction of sp³-hybridized carbons (Fsp3) is 0.714. The Kier molecular flexibility index (Phi) is 13.9. The van der Waals surface area contributed by atoms with Crippen molar-refractivity contribution in [2.24, 2.45) is 0 Å². The van der Waals surface area contributed by atoms with Gasteiger partial charge in [-0.25, -0.2) is 9.59 Å². The van der Waals surface area contributed by atoms with Crippen LogP contribution in [0.2, 0.25) is 0 Å². The van der Waals surface area contributed by atoms with Crippen LogP contribution in [-0.2, 0) is 19.1 Å². The molecule has 0 unspecified atom stereocenters. The quantitative estimate of drug-likeness (QED) is 0.140. The van der Waals surface area contributed by atoms with E-state index in [1.807, 2.05) is 0 Å². The molecule has 0 radical (unpaired) electrons. The van der Waals surface area contributed by atoms with Crippen LogP contribution in [0.5, 0.6) is 0 Å². The third-order valence-electron chi connectivity index (χ3n) is 12.5. The summed E-state index contributed by atoms with van der Waals surface area (Å²) in [6, 6.07) is 4.36. The van der Waals surface area contributed by atoms with Crippen molar-refractivity contribution in [1.29, 1.82) is 0 Å². The van der Waals surface area contributed by atoms with Gasteiger partial charge in [0, 0.05) is 142 Å². The number of carbonyl (C=O) groups excluding carboxylic acids is 2. The molecule has 0 N–H and O–H groups in total. The van der Waals surface area contributed by atoms with E-state index in [9.17, 15) is 9.59 Å². The van der Waals surface area contributed by atoms with Crippen molar-refractivity contribution in [2.45, 2.75) is 64.2 Å². The average molecular weight is 801 g/mol. The molecular weight excluding hydrogens is 737 g/mol. The van der Waals surface area contributed by atoms with Gasteiger partial charge in [0.25, 0.3) is 0 Å². The Morgan fingerprint density at radius 3 is 1.05 bits per heavy atom. The summed E-state index contributed by atoms with van der Waals surface area (Å²) in [4.78, 5) is 63.7. The van der Waals surface area contributed by atoms with E-state index in [-0.39, 0.29) is 0 Å². The minimum Gasteiger partial charge on any atom is -0.462 e. The zero-order valence-electron chi connectivity index (χ0n) is 34.5. The van der Waals surface area contributed by atoms with Crippen molar-refractivity contribution in [2.75, 3.05) is 160 Å². The molecule has 0 spiro atoms. The number of carbonyl (C=O) groups is 2. The molecule has 6 aliphatic rings. The summed E-state index contributed by atoms with van der Waals surface area (Å²) in [5.74, 6) is 4.90. The van der Waals surface area contributed by atoms with Crippen LogP contribution in [0.4, 0.5) is 35.2 Å². The maximum Gasteiger partial charge on any atom is 0.331 e. The van der Waals surface area contributed by atoms with Gasteiger partial charge in [0.05, 0.1) is 13.2 Å². The van der Waals surface area contributed by atoms with Crippen LogP contribution in [-0.4, -0.2) is 173 Å². The standard InChI is InChI=1S/C42H64N12O4/c55-39(57-31-9-13-47-23-27-51(28-24-47)37-33-35(49-15-1-2-16-49)43-41(45-37)53-19-5-6-20-53)11-12-40(56)58-32-10-14-48-25-29-52(30-26-48)38-34-36(50-17-3-4-18-50)44-42(46-38)54-21-7-8-22-54/h11-12,33-34H,1-10,13-32H2/b12-11+. The number of esters is 2. The van der Waals surface area contributed by atoms with Crippen molar-refractivity contribution in [3.05, 3.63) is 24.3 Å². The van der Waals surface area contributed by atoms with Crippen molar-refractivity contribution >= 4 is 47.1 Å². The van der Waals surface area contributed by atoms with Gasteiger partial charge in [0.15, 0.2) is 0 Å². The van der Waals surface area contributed by atoms with E-state index in [1.165, 1.54) is 63.5 Å². The van der Waals surface area contributed by atoms with E-state index in [0.717, 1.165) is 166 Å².